The number of rotatable bonds is 3. The van der Waals surface area contributed by atoms with Crippen LogP contribution in [-0.2, 0) is 0 Å². The van der Waals surface area contributed by atoms with E-state index in [0.29, 0.717) is 11.3 Å². The van der Waals surface area contributed by atoms with E-state index in [1.54, 1.807) is 0 Å². The number of hydrogen-bond acceptors (Lipinski definition) is 3. The highest BCUT2D eigenvalue weighted by Gasteiger charge is 2.47. The van der Waals surface area contributed by atoms with Gasteiger partial charge in [-0.05, 0) is 31.2 Å². The number of nitrogens with zero attached hydrogens (tertiary/aromatic N) is 2. The lowest BCUT2D eigenvalue weighted by Gasteiger charge is -2.19. The number of nitrogens with two attached hydrogens (primary N) is 1. The first-order valence-corrected chi connectivity index (χ1v) is 5.35. The molecule has 1 aliphatic carbocycles. The zero-order valence-corrected chi connectivity index (χ0v) is 8.74. The number of likely N-dealkylation sites (tertiary alicyclic amines) is 1. The molecule has 0 aromatic heterocycles. The molecule has 1 atom stereocenters. The smallest absolute Gasteiger partial charge is 0.143 e. The van der Waals surface area contributed by atoms with Crippen molar-refractivity contribution >= 4 is 5.84 Å². The van der Waals surface area contributed by atoms with Crippen molar-refractivity contribution in [1.82, 2.24) is 4.90 Å². The zero-order valence-electron chi connectivity index (χ0n) is 8.74. The van der Waals surface area contributed by atoms with Crippen LogP contribution in [0.15, 0.2) is 5.16 Å². The van der Waals surface area contributed by atoms with Crippen molar-refractivity contribution in [3.05, 3.63) is 0 Å². The Morgan fingerprint density at radius 3 is 2.79 bits per heavy atom. The molecule has 4 nitrogen and oxygen atoms in total. The summed E-state index contributed by atoms with van der Waals surface area (Å²) in [5, 5.41) is 11.6. The largest absolute Gasteiger partial charge is 0.409 e. The Morgan fingerprint density at radius 2 is 2.29 bits per heavy atom. The third kappa shape index (κ3) is 1.85. The highest BCUT2D eigenvalue weighted by molar-refractivity contribution is 5.82. The highest BCUT2D eigenvalue weighted by Crippen LogP contribution is 2.52. The summed E-state index contributed by atoms with van der Waals surface area (Å²) in [6.45, 7) is 5.34. The second kappa shape index (κ2) is 3.42. The number of hydrogen-bond donors (Lipinski definition) is 2. The summed E-state index contributed by atoms with van der Waals surface area (Å²) < 4.78 is 0. The molecule has 0 aromatic carbocycles. The summed E-state index contributed by atoms with van der Waals surface area (Å²) in [5.41, 5.74) is 6.22. The Balaban J connectivity index is 1.81. The van der Waals surface area contributed by atoms with Crippen molar-refractivity contribution in [2.45, 2.75) is 26.2 Å². The van der Waals surface area contributed by atoms with Gasteiger partial charge >= 0.3 is 0 Å². The van der Waals surface area contributed by atoms with Crippen LogP contribution in [-0.4, -0.2) is 35.6 Å². The molecule has 1 aliphatic heterocycles. The minimum atomic E-state index is 0.161. The van der Waals surface area contributed by atoms with Crippen LogP contribution < -0.4 is 5.73 Å². The average Bonchev–Trinajstić information content (AvgIpc) is 2.80. The van der Waals surface area contributed by atoms with Gasteiger partial charge in [-0.1, -0.05) is 12.1 Å². The van der Waals surface area contributed by atoms with E-state index < -0.39 is 0 Å². The van der Waals surface area contributed by atoms with Crippen molar-refractivity contribution in [2.24, 2.45) is 22.2 Å². The van der Waals surface area contributed by atoms with Gasteiger partial charge in [-0.2, -0.15) is 0 Å². The fraction of sp³-hybridized carbons (Fsp3) is 0.900. The third-order valence-corrected chi connectivity index (χ3v) is 3.63. The van der Waals surface area contributed by atoms with Gasteiger partial charge < -0.3 is 15.8 Å². The van der Waals surface area contributed by atoms with E-state index in [2.05, 4.69) is 10.1 Å². The molecule has 0 bridgehead atoms. The Kier molecular flexibility index (Phi) is 2.39. The molecule has 2 fully saturated rings. The second-order valence-corrected chi connectivity index (χ2v) is 4.91. The molecule has 1 saturated heterocycles. The van der Waals surface area contributed by atoms with E-state index >= 15 is 0 Å². The van der Waals surface area contributed by atoms with E-state index in [9.17, 15) is 0 Å². The van der Waals surface area contributed by atoms with E-state index in [1.807, 2.05) is 6.92 Å². The summed E-state index contributed by atoms with van der Waals surface area (Å²) >= 11 is 0. The lowest BCUT2D eigenvalue weighted by Crippen LogP contribution is -2.33. The molecule has 2 aliphatic rings. The van der Waals surface area contributed by atoms with Crippen LogP contribution in [0.5, 0.6) is 0 Å². The van der Waals surface area contributed by atoms with E-state index in [-0.39, 0.29) is 5.92 Å². The normalized spacial score (nSPS) is 28.2. The van der Waals surface area contributed by atoms with Gasteiger partial charge in [0.15, 0.2) is 0 Å². The van der Waals surface area contributed by atoms with E-state index in [4.69, 9.17) is 10.9 Å². The van der Waals surface area contributed by atoms with Crippen molar-refractivity contribution in [3.8, 4) is 0 Å². The van der Waals surface area contributed by atoms with Crippen LogP contribution in [0.2, 0.25) is 0 Å². The molecule has 14 heavy (non-hydrogen) atoms. The van der Waals surface area contributed by atoms with Crippen LogP contribution in [0, 0.1) is 11.3 Å². The first-order valence-electron chi connectivity index (χ1n) is 5.35. The Morgan fingerprint density at radius 1 is 1.57 bits per heavy atom. The topological polar surface area (TPSA) is 61.8 Å². The van der Waals surface area contributed by atoms with Gasteiger partial charge in [-0.15, -0.1) is 0 Å². The van der Waals surface area contributed by atoms with Gasteiger partial charge in [-0.25, -0.2) is 0 Å². The van der Waals surface area contributed by atoms with Gasteiger partial charge in [0.25, 0.3) is 0 Å². The molecule has 1 saturated carbocycles. The zero-order chi connectivity index (χ0) is 10.2. The molecule has 1 spiro atoms. The molecular weight excluding hydrogens is 178 g/mol. The van der Waals surface area contributed by atoms with Gasteiger partial charge in [0.05, 0.1) is 0 Å². The SMILES string of the molecule is CC(CN1CCC2(CC2)C1)/C(N)=N/O. The third-order valence-electron chi connectivity index (χ3n) is 3.63. The van der Waals surface area contributed by atoms with E-state index in [1.165, 1.54) is 32.4 Å². The van der Waals surface area contributed by atoms with Crippen molar-refractivity contribution in [3.63, 3.8) is 0 Å². The fourth-order valence-corrected chi connectivity index (χ4v) is 2.35. The minimum absolute atomic E-state index is 0.161. The maximum atomic E-state index is 8.54. The van der Waals surface area contributed by atoms with Gasteiger partial charge in [-0.3, -0.25) is 0 Å². The van der Waals surface area contributed by atoms with Crippen LogP contribution in [0.3, 0.4) is 0 Å². The van der Waals surface area contributed by atoms with Crippen molar-refractivity contribution in [1.29, 1.82) is 0 Å². The Hall–Kier alpha value is -0.770. The maximum Gasteiger partial charge on any atom is 0.143 e. The first-order chi connectivity index (χ1) is 6.65. The fourth-order valence-electron chi connectivity index (χ4n) is 2.35. The Labute approximate surface area is 84.8 Å². The first kappa shape index (κ1) is 9.77. The second-order valence-electron chi connectivity index (χ2n) is 4.91. The standard InChI is InChI=1S/C10H19N3O/c1-8(9(11)12-14)6-13-5-4-10(7-13)2-3-10/h8,14H,2-7H2,1H3,(H2,11,12). The van der Waals surface area contributed by atoms with Crippen LogP contribution in [0.4, 0.5) is 0 Å². The van der Waals surface area contributed by atoms with Crippen LogP contribution in [0.25, 0.3) is 0 Å². The monoisotopic (exact) mass is 197 g/mol. The predicted octanol–water partition coefficient (Wildman–Crippen LogP) is 0.855. The van der Waals surface area contributed by atoms with Crippen LogP contribution >= 0.6 is 0 Å². The van der Waals surface area contributed by atoms with Gasteiger partial charge in [0.2, 0.25) is 0 Å². The van der Waals surface area contributed by atoms with Gasteiger partial charge in [0.1, 0.15) is 5.84 Å². The molecule has 3 N–H and O–H groups in total. The van der Waals surface area contributed by atoms with Crippen LogP contribution in [0.1, 0.15) is 26.2 Å². The summed E-state index contributed by atoms with van der Waals surface area (Å²) in [6.07, 6.45) is 4.15. The quantitative estimate of drug-likeness (QED) is 0.305. The number of amidine groups is 1. The Bertz CT molecular complexity index is 248. The molecular formula is C10H19N3O. The van der Waals surface area contributed by atoms with Crippen molar-refractivity contribution in [2.75, 3.05) is 19.6 Å². The summed E-state index contributed by atoms with van der Waals surface area (Å²) in [6, 6.07) is 0. The highest BCUT2D eigenvalue weighted by atomic mass is 16.4. The minimum Gasteiger partial charge on any atom is -0.409 e. The summed E-state index contributed by atoms with van der Waals surface area (Å²) in [5.74, 6) is 0.510. The molecule has 0 amide bonds. The average molecular weight is 197 g/mol. The molecule has 4 heteroatoms. The van der Waals surface area contributed by atoms with Gasteiger partial charge in [0, 0.05) is 19.0 Å². The molecule has 80 valence electrons. The number of oxime groups is 1. The lowest BCUT2D eigenvalue weighted by atomic mass is 10.1. The predicted molar refractivity (Wildman–Crippen MR) is 55.3 cm³/mol. The lowest BCUT2D eigenvalue weighted by molar-refractivity contribution is 0.287. The molecule has 2 rings (SSSR count). The summed E-state index contributed by atoms with van der Waals surface area (Å²) in [7, 11) is 0. The van der Waals surface area contributed by atoms with Crippen molar-refractivity contribution < 1.29 is 5.21 Å². The molecule has 0 radical (unpaired) electrons. The summed E-state index contributed by atoms with van der Waals surface area (Å²) in [4.78, 5) is 2.44. The molecule has 1 heterocycles. The van der Waals surface area contributed by atoms with E-state index in [0.717, 1.165) is 6.54 Å². The molecule has 1 unspecified atom stereocenters. The maximum absolute atomic E-state index is 8.54. The molecule has 0 aromatic rings.